The highest BCUT2D eigenvalue weighted by Gasteiger charge is 2.38. The van der Waals surface area contributed by atoms with Gasteiger partial charge in [-0.25, -0.2) is 14.2 Å². The minimum Gasteiger partial charge on any atom is -0.497 e. The van der Waals surface area contributed by atoms with Crippen molar-refractivity contribution in [3.05, 3.63) is 53.7 Å². The molecule has 0 saturated carbocycles. The summed E-state index contributed by atoms with van der Waals surface area (Å²) in [6.45, 7) is 0.246. The van der Waals surface area contributed by atoms with Crippen molar-refractivity contribution in [1.82, 2.24) is 10.1 Å². The number of aromatic nitrogens is 2. The standard InChI is InChI=1S/C24H22F4N4O6S/c1-34-9-10-37-17-12-15(35-2)11-16(18(17)25)19(21(39-4)31-23(33)36-3)29-14-7-5-13(6-8-14)20-30-22(38-32-20)24(26,27)28/h5-8,11-12H,9-10H2,1-4H3/b29-19?,31-21-. The first-order chi connectivity index (χ1) is 18.6. The molecule has 39 heavy (non-hydrogen) atoms. The van der Waals surface area contributed by atoms with Gasteiger partial charge in [0.1, 0.15) is 23.1 Å². The third-order valence-corrected chi connectivity index (χ3v) is 5.52. The molecule has 0 aliphatic carbocycles. The Bertz CT molecular complexity index is 1360. The SMILES string of the molecule is COCCOc1cc(OC)cc(C(=Nc2ccc(-c3noc(C(F)(F)F)n3)cc2)/C(=N/C(=O)OC)SC)c1F. The Morgan fingerprint density at radius 1 is 1.10 bits per heavy atom. The van der Waals surface area contributed by atoms with Crippen LogP contribution in [0.2, 0.25) is 0 Å². The number of aliphatic imine (C=N–C) groups is 2. The number of amides is 1. The highest BCUT2D eigenvalue weighted by molar-refractivity contribution is 8.15. The lowest BCUT2D eigenvalue weighted by atomic mass is 10.1. The Hall–Kier alpha value is -3.98. The molecule has 2 aromatic carbocycles. The van der Waals surface area contributed by atoms with Crippen molar-refractivity contribution in [3.63, 3.8) is 0 Å². The summed E-state index contributed by atoms with van der Waals surface area (Å²) in [6.07, 6.45) is -4.13. The molecule has 0 spiro atoms. The molecule has 0 aliphatic heterocycles. The van der Waals surface area contributed by atoms with Gasteiger partial charge in [0.25, 0.3) is 0 Å². The topological polar surface area (TPSA) is 118 Å². The number of benzene rings is 2. The lowest BCUT2D eigenvalue weighted by Crippen LogP contribution is -2.17. The number of carbonyl (C=O) groups is 1. The first kappa shape index (κ1) is 29.6. The van der Waals surface area contributed by atoms with Gasteiger partial charge < -0.3 is 23.5 Å². The second-order valence-electron chi connectivity index (χ2n) is 7.35. The molecule has 0 saturated heterocycles. The average molecular weight is 571 g/mol. The summed E-state index contributed by atoms with van der Waals surface area (Å²) in [4.78, 5) is 23.6. The molecule has 0 atom stereocenters. The molecule has 0 N–H and O–H groups in total. The summed E-state index contributed by atoms with van der Waals surface area (Å²) >= 11 is 1.00. The first-order valence-corrected chi connectivity index (χ1v) is 12.1. The Morgan fingerprint density at radius 2 is 1.82 bits per heavy atom. The molecule has 10 nitrogen and oxygen atoms in total. The van der Waals surface area contributed by atoms with Gasteiger partial charge in [0.05, 0.1) is 26.5 Å². The summed E-state index contributed by atoms with van der Waals surface area (Å²) in [5.74, 6) is -2.49. The summed E-state index contributed by atoms with van der Waals surface area (Å²) in [7, 11) is 3.98. The van der Waals surface area contributed by atoms with Crippen LogP contribution in [-0.4, -0.2) is 67.8 Å². The Kier molecular flexibility index (Phi) is 10.0. The van der Waals surface area contributed by atoms with E-state index in [1.165, 1.54) is 50.6 Å². The van der Waals surface area contributed by atoms with E-state index in [1.54, 1.807) is 6.26 Å². The number of hydrogen-bond acceptors (Lipinski definition) is 10. The zero-order valence-electron chi connectivity index (χ0n) is 21.0. The largest absolute Gasteiger partial charge is 0.497 e. The second-order valence-corrected chi connectivity index (χ2v) is 8.14. The van der Waals surface area contributed by atoms with Gasteiger partial charge >= 0.3 is 18.2 Å². The molecule has 0 unspecified atom stereocenters. The highest BCUT2D eigenvalue weighted by Crippen LogP contribution is 2.32. The third-order valence-electron chi connectivity index (χ3n) is 4.85. The predicted molar refractivity (Wildman–Crippen MR) is 135 cm³/mol. The maximum absolute atomic E-state index is 15.7. The van der Waals surface area contributed by atoms with Crippen molar-refractivity contribution in [3.8, 4) is 22.9 Å². The Morgan fingerprint density at radius 3 is 2.38 bits per heavy atom. The van der Waals surface area contributed by atoms with Crippen molar-refractivity contribution in [2.45, 2.75) is 6.18 Å². The summed E-state index contributed by atoms with van der Waals surface area (Å²) in [5, 5.41) is 3.35. The van der Waals surface area contributed by atoms with E-state index in [0.29, 0.717) is 0 Å². The van der Waals surface area contributed by atoms with E-state index in [1.807, 2.05) is 0 Å². The van der Waals surface area contributed by atoms with Crippen LogP contribution in [0.5, 0.6) is 11.5 Å². The number of methoxy groups -OCH3 is 3. The van der Waals surface area contributed by atoms with Crippen molar-refractivity contribution < 1.29 is 45.8 Å². The number of alkyl halides is 3. The van der Waals surface area contributed by atoms with Crippen LogP contribution in [0, 0.1) is 5.82 Å². The van der Waals surface area contributed by atoms with E-state index in [9.17, 15) is 18.0 Å². The van der Waals surface area contributed by atoms with Crippen molar-refractivity contribution in [2.24, 2.45) is 9.98 Å². The smallest absolute Gasteiger partial charge is 0.471 e. The zero-order chi connectivity index (χ0) is 28.6. The van der Waals surface area contributed by atoms with Gasteiger partial charge in [0, 0.05) is 24.3 Å². The van der Waals surface area contributed by atoms with Crippen molar-refractivity contribution in [1.29, 1.82) is 0 Å². The molecule has 1 heterocycles. The molecule has 0 radical (unpaired) electrons. The number of nitrogens with zero attached hydrogens (tertiary/aromatic N) is 4. The number of carbonyl (C=O) groups excluding carboxylic acids is 1. The van der Waals surface area contributed by atoms with Gasteiger partial charge in [-0.05, 0) is 36.6 Å². The van der Waals surface area contributed by atoms with Crippen LogP contribution in [-0.2, 0) is 15.7 Å². The number of ether oxygens (including phenoxy) is 4. The first-order valence-electron chi connectivity index (χ1n) is 10.9. The van der Waals surface area contributed by atoms with Crippen LogP contribution in [0.4, 0.5) is 28.0 Å². The van der Waals surface area contributed by atoms with E-state index in [4.69, 9.17) is 14.2 Å². The summed E-state index contributed by atoms with van der Waals surface area (Å²) < 4.78 is 78.7. The molecule has 15 heteroatoms. The molecule has 1 amide bonds. The molecule has 3 rings (SSSR count). The predicted octanol–water partition coefficient (Wildman–Crippen LogP) is 5.58. The lowest BCUT2D eigenvalue weighted by Gasteiger charge is -2.15. The monoisotopic (exact) mass is 570 g/mol. The van der Waals surface area contributed by atoms with Crippen molar-refractivity contribution in [2.75, 3.05) is 40.8 Å². The van der Waals surface area contributed by atoms with Gasteiger partial charge in [-0.3, -0.25) is 0 Å². The minimum atomic E-state index is -4.79. The van der Waals surface area contributed by atoms with Crippen LogP contribution in [0.3, 0.4) is 0 Å². The van der Waals surface area contributed by atoms with Gasteiger partial charge in [0.2, 0.25) is 5.82 Å². The van der Waals surface area contributed by atoms with E-state index in [-0.39, 0.29) is 58.1 Å². The van der Waals surface area contributed by atoms with Gasteiger partial charge in [-0.1, -0.05) is 5.16 Å². The number of rotatable bonds is 9. The van der Waals surface area contributed by atoms with Crippen LogP contribution in [0.25, 0.3) is 11.4 Å². The Labute approximate surface area is 224 Å². The molecule has 3 aromatic rings. The van der Waals surface area contributed by atoms with Gasteiger partial charge in [-0.2, -0.15) is 23.1 Å². The quantitative estimate of drug-likeness (QED) is 0.141. The molecule has 208 valence electrons. The summed E-state index contributed by atoms with van der Waals surface area (Å²) in [5.41, 5.74) is 0.289. The number of thioether (sulfide) groups is 1. The maximum atomic E-state index is 15.7. The molecule has 0 fully saturated rings. The summed E-state index contributed by atoms with van der Waals surface area (Å²) in [6, 6.07) is 8.37. The molecule has 1 aromatic heterocycles. The Balaban J connectivity index is 2.11. The van der Waals surface area contributed by atoms with Gasteiger partial charge in [-0.15, -0.1) is 11.8 Å². The normalized spacial score (nSPS) is 12.4. The number of halogens is 4. The van der Waals surface area contributed by atoms with Crippen LogP contribution in [0.1, 0.15) is 11.5 Å². The highest BCUT2D eigenvalue weighted by atomic mass is 32.2. The number of hydrogen-bond donors (Lipinski definition) is 0. The minimum absolute atomic E-state index is 0.00825. The average Bonchev–Trinajstić information content (AvgIpc) is 3.43. The fraction of sp³-hybridized carbons (Fsp3) is 0.292. The van der Waals surface area contributed by atoms with Gasteiger partial charge in [0.15, 0.2) is 11.6 Å². The van der Waals surface area contributed by atoms with Crippen LogP contribution >= 0.6 is 11.8 Å². The molecular weight excluding hydrogens is 548 g/mol. The lowest BCUT2D eigenvalue weighted by molar-refractivity contribution is -0.159. The maximum Gasteiger partial charge on any atom is 0.471 e. The molecule has 0 aliphatic rings. The van der Waals surface area contributed by atoms with E-state index < -0.39 is 24.0 Å². The van der Waals surface area contributed by atoms with Crippen molar-refractivity contribution >= 4 is 34.3 Å². The van der Waals surface area contributed by atoms with E-state index in [2.05, 4.69) is 29.4 Å². The third kappa shape index (κ3) is 7.54. The molecule has 0 bridgehead atoms. The second kappa shape index (κ2) is 13.2. The van der Waals surface area contributed by atoms with E-state index >= 15 is 4.39 Å². The van der Waals surface area contributed by atoms with Crippen LogP contribution < -0.4 is 9.47 Å². The zero-order valence-corrected chi connectivity index (χ0v) is 21.9. The van der Waals surface area contributed by atoms with Crippen LogP contribution in [0.15, 0.2) is 50.9 Å². The fourth-order valence-corrected chi connectivity index (χ4v) is 3.53. The fourth-order valence-electron chi connectivity index (χ4n) is 3.02. The molecular formula is C24H22F4N4O6S. The van der Waals surface area contributed by atoms with E-state index in [0.717, 1.165) is 18.9 Å².